The van der Waals surface area contributed by atoms with Crippen LogP contribution < -0.4 is 10.6 Å². The largest absolute Gasteiger partial charge is 0.383 e. The normalized spacial score (nSPS) is 14.4. The summed E-state index contributed by atoms with van der Waals surface area (Å²) in [6, 6.07) is 17.8. The van der Waals surface area contributed by atoms with Crippen LogP contribution in [-0.2, 0) is 6.54 Å². The Hall–Kier alpha value is -2.77. The first-order chi connectivity index (χ1) is 14.7. The Morgan fingerprint density at radius 1 is 1.00 bits per heavy atom. The summed E-state index contributed by atoms with van der Waals surface area (Å²) >= 11 is 8.23. The van der Waals surface area contributed by atoms with Crippen LogP contribution in [0.3, 0.4) is 0 Å². The SMILES string of the molecule is Nc1c2c(-c3cccc(Cl)c3)nc(N3CCSCC3)nc2nn1Cc1ccccc1. The van der Waals surface area contributed by atoms with Gasteiger partial charge >= 0.3 is 0 Å². The Kier molecular flexibility index (Phi) is 5.23. The van der Waals surface area contributed by atoms with Crippen LogP contribution in [0.15, 0.2) is 54.6 Å². The van der Waals surface area contributed by atoms with Crippen molar-refractivity contribution < 1.29 is 0 Å². The second kappa shape index (κ2) is 8.16. The summed E-state index contributed by atoms with van der Waals surface area (Å²) in [4.78, 5) is 11.9. The number of thioether (sulfide) groups is 1. The van der Waals surface area contributed by atoms with Gasteiger partial charge in [-0.3, -0.25) is 0 Å². The van der Waals surface area contributed by atoms with E-state index >= 15 is 0 Å². The molecule has 2 aromatic heterocycles. The van der Waals surface area contributed by atoms with E-state index in [0.717, 1.165) is 46.8 Å². The van der Waals surface area contributed by atoms with Gasteiger partial charge < -0.3 is 10.6 Å². The van der Waals surface area contributed by atoms with Crippen LogP contribution in [0.2, 0.25) is 5.02 Å². The van der Waals surface area contributed by atoms with Gasteiger partial charge in [-0.25, -0.2) is 9.67 Å². The van der Waals surface area contributed by atoms with Crippen LogP contribution >= 0.6 is 23.4 Å². The fourth-order valence-corrected chi connectivity index (χ4v) is 4.76. The van der Waals surface area contributed by atoms with Crippen LogP contribution in [0.5, 0.6) is 0 Å². The molecule has 0 saturated carbocycles. The molecule has 2 aromatic carbocycles. The summed E-state index contributed by atoms with van der Waals surface area (Å²) in [5.41, 5.74) is 9.98. The molecule has 8 heteroatoms. The highest BCUT2D eigenvalue weighted by molar-refractivity contribution is 7.99. The lowest BCUT2D eigenvalue weighted by molar-refractivity contribution is 0.703. The minimum Gasteiger partial charge on any atom is -0.383 e. The maximum Gasteiger partial charge on any atom is 0.228 e. The maximum absolute atomic E-state index is 6.56. The summed E-state index contributed by atoms with van der Waals surface area (Å²) in [5, 5.41) is 6.17. The van der Waals surface area contributed by atoms with Crippen molar-refractivity contribution >= 4 is 46.2 Å². The number of nitrogen functional groups attached to an aromatic ring is 1. The van der Waals surface area contributed by atoms with Crippen molar-refractivity contribution in [3.8, 4) is 11.3 Å². The van der Waals surface area contributed by atoms with Gasteiger partial charge in [-0.05, 0) is 17.7 Å². The van der Waals surface area contributed by atoms with E-state index in [-0.39, 0.29) is 0 Å². The molecule has 5 rings (SSSR count). The van der Waals surface area contributed by atoms with E-state index in [2.05, 4.69) is 17.0 Å². The summed E-state index contributed by atoms with van der Waals surface area (Å²) in [5.74, 6) is 3.39. The van der Waals surface area contributed by atoms with Gasteiger partial charge in [-0.15, -0.1) is 5.10 Å². The van der Waals surface area contributed by atoms with Gasteiger partial charge in [0.2, 0.25) is 5.95 Å². The van der Waals surface area contributed by atoms with Gasteiger partial charge in [0.25, 0.3) is 0 Å². The number of fused-ring (bicyclic) bond motifs is 1. The van der Waals surface area contributed by atoms with E-state index in [1.807, 2.05) is 54.2 Å². The van der Waals surface area contributed by atoms with Crippen LogP contribution in [0.1, 0.15) is 5.56 Å². The standard InChI is InChI=1S/C22H21ClN6S/c23-17-8-4-7-16(13-17)19-18-20(24)29(14-15-5-2-1-3-6-15)27-21(18)26-22(25-19)28-9-11-30-12-10-28/h1-8,13H,9-12,14,24H2. The minimum atomic E-state index is 0.560. The fourth-order valence-electron chi connectivity index (χ4n) is 3.67. The van der Waals surface area contributed by atoms with Crippen LogP contribution in [0, 0.1) is 0 Å². The number of hydrogen-bond acceptors (Lipinski definition) is 6. The second-order valence-corrected chi connectivity index (χ2v) is 8.87. The van der Waals surface area contributed by atoms with Crippen LogP contribution in [0.4, 0.5) is 11.8 Å². The van der Waals surface area contributed by atoms with Crippen molar-refractivity contribution in [2.24, 2.45) is 0 Å². The average molecular weight is 437 g/mol. The maximum atomic E-state index is 6.56. The monoisotopic (exact) mass is 436 g/mol. The molecule has 0 spiro atoms. The molecule has 0 amide bonds. The van der Waals surface area contributed by atoms with Gasteiger partial charge in [0.15, 0.2) is 5.65 Å². The molecule has 1 saturated heterocycles. The topological polar surface area (TPSA) is 72.9 Å². The number of nitrogens with zero attached hydrogens (tertiary/aromatic N) is 5. The summed E-state index contributed by atoms with van der Waals surface area (Å²) < 4.78 is 1.80. The zero-order valence-electron chi connectivity index (χ0n) is 16.3. The molecule has 0 bridgehead atoms. The molecule has 2 N–H and O–H groups in total. The Bertz CT molecular complexity index is 1190. The minimum absolute atomic E-state index is 0.560. The van der Waals surface area contributed by atoms with E-state index in [1.54, 1.807) is 4.68 Å². The molecule has 4 aromatic rings. The quantitative estimate of drug-likeness (QED) is 0.513. The molecule has 30 heavy (non-hydrogen) atoms. The van der Waals surface area contributed by atoms with Crippen LogP contribution in [-0.4, -0.2) is 44.3 Å². The number of hydrogen-bond donors (Lipinski definition) is 1. The smallest absolute Gasteiger partial charge is 0.228 e. The molecular weight excluding hydrogens is 416 g/mol. The number of nitrogens with two attached hydrogens (primary N) is 1. The second-order valence-electron chi connectivity index (χ2n) is 7.21. The lowest BCUT2D eigenvalue weighted by Gasteiger charge is -2.26. The third-order valence-corrected chi connectivity index (χ3v) is 6.37. The summed E-state index contributed by atoms with van der Waals surface area (Å²) in [6.45, 7) is 2.42. The van der Waals surface area contributed by atoms with Gasteiger partial charge in [0.1, 0.15) is 5.82 Å². The Morgan fingerprint density at radius 2 is 1.80 bits per heavy atom. The molecule has 0 aliphatic carbocycles. The highest BCUT2D eigenvalue weighted by Gasteiger charge is 2.22. The van der Waals surface area contributed by atoms with Crippen molar-refractivity contribution in [2.75, 3.05) is 35.2 Å². The van der Waals surface area contributed by atoms with E-state index in [1.165, 1.54) is 0 Å². The summed E-state index contributed by atoms with van der Waals surface area (Å²) in [6.07, 6.45) is 0. The van der Waals surface area contributed by atoms with E-state index < -0.39 is 0 Å². The van der Waals surface area contributed by atoms with Gasteiger partial charge in [0, 0.05) is 35.2 Å². The highest BCUT2D eigenvalue weighted by Crippen LogP contribution is 2.33. The number of halogens is 1. The first-order valence-electron chi connectivity index (χ1n) is 9.85. The molecule has 1 aliphatic rings. The van der Waals surface area contributed by atoms with Crippen molar-refractivity contribution in [1.82, 2.24) is 19.7 Å². The molecule has 1 fully saturated rings. The molecule has 0 atom stereocenters. The van der Waals surface area contributed by atoms with Gasteiger partial charge in [-0.2, -0.15) is 16.7 Å². The third kappa shape index (κ3) is 3.70. The third-order valence-electron chi connectivity index (χ3n) is 5.19. The first kappa shape index (κ1) is 19.2. The zero-order chi connectivity index (χ0) is 20.5. The lowest BCUT2D eigenvalue weighted by atomic mass is 10.1. The van der Waals surface area contributed by atoms with Crippen molar-refractivity contribution in [3.05, 3.63) is 65.2 Å². The predicted molar refractivity (Wildman–Crippen MR) is 125 cm³/mol. The van der Waals surface area contributed by atoms with E-state index in [9.17, 15) is 0 Å². The predicted octanol–water partition coefficient (Wildman–Crippen LogP) is 4.33. The number of aromatic nitrogens is 4. The Labute approximate surface area is 184 Å². The molecule has 152 valence electrons. The Morgan fingerprint density at radius 3 is 2.57 bits per heavy atom. The number of benzene rings is 2. The molecular formula is C22H21ClN6S. The fraction of sp³-hybridized carbons (Fsp3) is 0.227. The number of anilines is 2. The molecule has 3 heterocycles. The molecule has 0 radical (unpaired) electrons. The van der Waals surface area contributed by atoms with Gasteiger partial charge in [0.05, 0.1) is 17.6 Å². The number of rotatable bonds is 4. The van der Waals surface area contributed by atoms with E-state index in [0.29, 0.717) is 29.0 Å². The molecule has 6 nitrogen and oxygen atoms in total. The summed E-state index contributed by atoms with van der Waals surface area (Å²) in [7, 11) is 0. The highest BCUT2D eigenvalue weighted by atomic mass is 35.5. The van der Waals surface area contributed by atoms with Gasteiger partial charge in [-0.1, -0.05) is 54.1 Å². The van der Waals surface area contributed by atoms with Crippen molar-refractivity contribution in [2.45, 2.75) is 6.54 Å². The molecule has 1 aliphatic heterocycles. The lowest BCUT2D eigenvalue weighted by Crippen LogP contribution is -2.33. The first-order valence-corrected chi connectivity index (χ1v) is 11.4. The molecule has 0 unspecified atom stereocenters. The van der Waals surface area contributed by atoms with Crippen molar-refractivity contribution in [1.29, 1.82) is 0 Å². The zero-order valence-corrected chi connectivity index (χ0v) is 17.9. The van der Waals surface area contributed by atoms with Crippen LogP contribution in [0.25, 0.3) is 22.3 Å². The Balaban J connectivity index is 1.67. The van der Waals surface area contributed by atoms with Crippen molar-refractivity contribution in [3.63, 3.8) is 0 Å². The van der Waals surface area contributed by atoms with E-state index in [4.69, 9.17) is 32.4 Å². The average Bonchev–Trinajstić information content (AvgIpc) is 3.09.